The summed E-state index contributed by atoms with van der Waals surface area (Å²) in [5.74, 6) is -0.354. The molecule has 0 spiro atoms. The Morgan fingerprint density at radius 2 is 2.10 bits per heavy atom. The van der Waals surface area contributed by atoms with Crippen LogP contribution in [0.4, 0.5) is 10.8 Å². The lowest BCUT2D eigenvalue weighted by molar-refractivity contribution is -0.114. The second-order valence-electron chi connectivity index (χ2n) is 3.67. The molecule has 1 amide bonds. The van der Waals surface area contributed by atoms with Crippen LogP contribution in [-0.4, -0.2) is 24.5 Å². The van der Waals surface area contributed by atoms with Gasteiger partial charge in [0, 0.05) is 11.9 Å². The summed E-state index contributed by atoms with van der Waals surface area (Å²) in [7, 11) is -3.86. The largest absolute Gasteiger partial charge is 0.301 e. The van der Waals surface area contributed by atoms with E-state index in [2.05, 4.69) is 20.2 Å². The Kier molecular flexibility index (Phi) is 4.21. The summed E-state index contributed by atoms with van der Waals surface area (Å²) in [5.41, 5.74) is 0.314. The van der Waals surface area contributed by atoms with Gasteiger partial charge in [-0.3, -0.25) is 9.52 Å². The molecule has 1 aromatic heterocycles. The lowest BCUT2D eigenvalue weighted by Crippen LogP contribution is -2.12. The van der Waals surface area contributed by atoms with Crippen molar-refractivity contribution in [3.05, 3.63) is 29.3 Å². The molecule has 2 rings (SSSR count). The quantitative estimate of drug-likeness (QED) is 0.833. The first kappa shape index (κ1) is 14.7. The van der Waals surface area contributed by atoms with Crippen molar-refractivity contribution in [1.29, 1.82) is 0 Å². The third kappa shape index (κ3) is 3.65. The van der Waals surface area contributed by atoms with Gasteiger partial charge >= 0.3 is 0 Å². The van der Waals surface area contributed by atoms with Crippen molar-refractivity contribution in [2.45, 2.75) is 11.3 Å². The van der Waals surface area contributed by atoms with Gasteiger partial charge in [0.1, 0.15) is 0 Å². The number of hydrogen-bond donors (Lipinski definition) is 2. The summed E-state index contributed by atoms with van der Waals surface area (Å²) >= 11 is 6.53. The molecule has 0 saturated carbocycles. The summed E-state index contributed by atoms with van der Waals surface area (Å²) in [6.45, 7) is 1.29. The van der Waals surface area contributed by atoms with Crippen LogP contribution in [0, 0.1) is 0 Å². The van der Waals surface area contributed by atoms with E-state index < -0.39 is 10.0 Å². The van der Waals surface area contributed by atoms with Gasteiger partial charge < -0.3 is 5.32 Å². The fraction of sp³-hybridized carbons (Fsp3) is 0.100. The topological polar surface area (TPSA) is 101 Å². The normalized spacial score (nSPS) is 11.1. The SMILES string of the molecule is CC(=O)Nc1nnc(S(=O)(=O)Nc2cccc(Cl)c2)s1. The summed E-state index contributed by atoms with van der Waals surface area (Å²) in [6, 6.07) is 6.26. The van der Waals surface area contributed by atoms with E-state index in [-0.39, 0.29) is 15.4 Å². The Balaban J connectivity index is 2.22. The van der Waals surface area contributed by atoms with Crippen LogP contribution in [0.3, 0.4) is 0 Å². The minimum Gasteiger partial charge on any atom is -0.301 e. The number of benzene rings is 1. The Morgan fingerprint density at radius 3 is 2.75 bits per heavy atom. The molecular weight excluding hydrogens is 324 g/mol. The summed E-state index contributed by atoms with van der Waals surface area (Å²) in [5, 5.41) is 9.98. The van der Waals surface area contributed by atoms with E-state index >= 15 is 0 Å². The molecule has 106 valence electrons. The molecule has 0 atom stereocenters. The van der Waals surface area contributed by atoms with Crippen molar-refractivity contribution in [2.24, 2.45) is 0 Å². The van der Waals surface area contributed by atoms with Crippen LogP contribution in [0.5, 0.6) is 0 Å². The minimum absolute atomic E-state index is 0.115. The molecule has 0 radical (unpaired) electrons. The van der Waals surface area contributed by atoms with Crippen molar-refractivity contribution < 1.29 is 13.2 Å². The molecule has 0 aliphatic rings. The molecule has 2 N–H and O–H groups in total. The predicted molar refractivity (Wildman–Crippen MR) is 76.5 cm³/mol. The number of carbonyl (C=O) groups is 1. The summed E-state index contributed by atoms with van der Waals surface area (Å²) in [4.78, 5) is 10.8. The highest BCUT2D eigenvalue weighted by Crippen LogP contribution is 2.23. The average molecular weight is 333 g/mol. The number of anilines is 2. The summed E-state index contributed by atoms with van der Waals surface area (Å²) in [6.07, 6.45) is 0. The predicted octanol–water partition coefficient (Wildman–Crippen LogP) is 1.95. The van der Waals surface area contributed by atoms with Crippen LogP contribution in [0.25, 0.3) is 0 Å². The zero-order chi connectivity index (χ0) is 14.8. The fourth-order valence-corrected chi connectivity index (χ4v) is 3.46. The zero-order valence-corrected chi connectivity index (χ0v) is 12.5. The molecule has 0 saturated heterocycles. The van der Waals surface area contributed by atoms with Crippen LogP contribution in [0.1, 0.15) is 6.92 Å². The van der Waals surface area contributed by atoms with Crippen LogP contribution in [-0.2, 0) is 14.8 Å². The third-order valence-electron chi connectivity index (χ3n) is 2.00. The van der Waals surface area contributed by atoms with E-state index in [4.69, 9.17) is 11.6 Å². The average Bonchev–Trinajstić information content (AvgIpc) is 2.76. The molecule has 2 aromatic rings. The van der Waals surface area contributed by atoms with Crippen molar-refractivity contribution in [1.82, 2.24) is 10.2 Å². The van der Waals surface area contributed by atoms with E-state index in [1.54, 1.807) is 18.2 Å². The lowest BCUT2D eigenvalue weighted by atomic mass is 10.3. The van der Waals surface area contributed by atoms with Gasteiger partial charge in [-0.1, -0.05) is 29.0 Å². The zero-order valence-electron chi connectivity index (χ0n) is 10.1. The highest BCUT2D eigenvalue weighted by atomic mass is 35.5. The maximum absolute atomic E-state index is 12.1. The molecule has 1 heterocycles. The van der Waals surface area contributed by atoms with Gasteiger partial charge in [-0.05, 0) is 18.2 Å². The van der Waals surface area contributed by atoms with Gasteiger partial charge in [0.05, 0.1) is 5.69 Å². The Hall–Kier alpha value is -1.71. The number of aromatic nitrogens is 2. The van der Waals surface area contributed by atoms with Crippen molar-refractivity contribution in [2.75, 3.05) is 10.0 Å². The van der Waals surface area contributed by atoms with Gasteiger partial charge in [0.15, 0.2) is 0 Å². The molecule has 0 aliphatic carbocycles. The third-order valence-corrected chi connectivity index (χ3v) is 4.82. The molecule has 0 bridgehead atoms. The summed E-state index contributed by atoms with van der Waals surface area (Å²) < 4.78 is 26.2. The molecule has 0 aliphatic heterocycles. The molecule has 0 unspecified atom stereocenters. The standard InChI is InChI=1S/C10H9ClN4O3S2/c1-6(16)12-9-13-14-10(19-9)20(17,18)15-8-4-2-3-7(11)5-8/h2-5,15H,1H3,(H,12,13,16). The number of carbonyl (C=O) groups excluding carboxylic acids is 1. The number of rotatable bonds is 4. The monoisotopic (exact) mass is 332 g/mol. The molecule has 1 aromatic carbocycles. The van der Waals surface area contributed by atoms with E-state index in [0.29, 0.717) is 10.7 Å². The van der Waals surface area contributed by atoms with Gasteiger partial charge in [-0.15, -0.1) is 10.2 Å². The second-order valence-corrected chi connectivity index (χ2v) is 6.94. The Bertz CT molecular complexity index is 744. The van der Waals surface area contributed by atoms with Gasteiger partial charge in [0.2, 0.25) is 11.0 Å². The van der Waals surface area contributed by atoms with E-state index in [1.165, 1.54) is 13.0 Å². The van der Waals surface area contributed by atoms with Gasteiger partial charge in [0.25, 0.3) is 14.4 Å². The molecule has 0 fully saturated rings. The highest BCUT2D eigenvalue weighted by molar-refractivity contribution is 7.94. The number of nitrogens with one attached hydrogen (secondary N) is 2. The van der Waals surface area contributed by atoms with Crippen LogP contribution in [0.2, 0.25) is 5.02 Å². The molecule has 7 nitrogen and oxygen atoms in total. The van der Waals surface area contributed by atoms with Crippen molar-refractivity contribution in [3.8, 4) is 0 Å². The lowest BCUT2D eigenvalue weighted by Gasteiger charge is -2.04. The van der Waals surface area contributed by atoms with Crippen molar-refractivity contribution in [3.63, 3.8) is 0 Å². The molecule has 20 heavy (non-hydrogen) atoms. The van der Waals surface area contributed by atoms with Crippen LogP contribution in [0.15, 0.2) is 28.6 Å². The van der Waals surface area contributed by atoms with Crippen molar-refractivity contribution >= 4 is 49.7 Å². The molecular formula is C10H9ClN4O3S2. The van der Waals surface area contributed by atoms with Crippen LogP contribution >= 0.6 is 22.9 Å². The van der Waals surface area contributed by atoms with Gasteiger partial charge in [-0.25, -0.2) is 0 Å². The second kappa shape index (κ2) is 5.73. The fourth-order valence-electron chi connectivity index (χ4n) is 1.27. The molecule has 10 heteroatoms. The van der Waals surface area contributed by atoms with E-state index in [0.717, 1.165) is 11.3 Å². The highest BCUT2D eigenvalue weighted by Gasteiger charge is 2.20. The number of amides is 1. The number of hydrogen-bond acceptors (Lipinski definition) is 6. The Morgan fingerprint density at radius 1 is 1.35 bits per heavy atom. The van der Waals surface area contributed by atoms with Gasteiger partial charge in [-0.2, -0.15) is 8.42 Å². The first-order valence-corrected chi connectivity index (χ1v) is 7.94. The Labute approximate surface area is 124 Å². The maximum atomic E-state index is 12.1. The first-order valence-electron chi connectivity index (χ1n) is 5.26. The van der Waals surface area contributed by atoms with Crippen LogP contribution < -0.4 is 10.0 Å². The first-order chi connectivity index (χ1) is 9.37. The van der Waals surface area contributed by atoms with E-state index in [9.17, 15) is 13.2 Å². The smallest absolute Gasteiger partial charge is 0.291 e. The number of nitrogens with zero attached hydrogens (tertiary/aromatic N) is 2. The minimum atomic E-state index is -3.86. The number of halogens is 1. The number of sulfonamides is 1. The van der Waals surface area contributed by atoms with E-state index in [1.807, 2.05) is 0 Å². The maximum Gasteiger partial charge on any atom is 0.291 e.